The molecule has 0 aromatic heterocycles. The van der Waals surface area contributed by atoms with Gasteiger partial charge >= 0.3 is 0 Å². The number of hydrogen-bond donors (Lipinski definition) is 2. The third kappa shape index (κ3) is 6.04. The molecule has 2 N–H and O–H groups in total. The highest BCUT2D eigenvalue weighted by atomic mass is 32.2. The summed E-state index contributed by atoms with van der Waals surface area (Å²) in [4.78, 5) is 23.5. The monoisotopic (exact) mass is 503 g/mol. The van der Waals surface area contributed by atoms with Gasteiger partial charge in [0.15, 0.2) is 0 Å². The second kappa shape index (κ2) is 11.4. The molecule has 2 aromatic rings. The van der Waals surface area contributed by atoms with Crippen molar-refractivity contribution < 1.29 is 23.1 Å². The highest BCUT2D eigenvalue weighted by Gasteiger charge is 2.49. The molecule has 0 aliphatic carbocycles. The van der Waals surface area contributed by atoms with Crippen LogP contribution in [0.5, 0.6) is 0 Å². The molecule has 8 nitrogen and oxygen atoms in total. The first kappa shape index (κ1) is 26.3. The zero-order valence-electron chi connectivity index (χ0n) is 19.8. The lowest BCUT2D eigenvalue weighted by molar-refractivity contribution is -0.144. The number of amides is 2. The Morgan fingerprint density at radius 2 is 1.91 bits per heavy atom. The fourth-order valence-corrected chi connectivity index (χ4v) is 4.91. The maximum absolute atomic E-state index is 14.7. The van der Waals surface area contributed by atoms with Crippen molar-refractivity contribution in [3.63, 3.8) is 0 Å². The lowest BCUT2D eigenvalue weighted by atomic mass is 10.0. The SMILES string of the molecule is CO[C@@H](C)C(=O)N1N=C(c2cc(F)ccc2F)SC1(CCNN=C(C)NC(C)=O)c1ccccc1. The van der Waals surface area contributed by atoms with E-state index in [0.29, 0.717) is 12.3 Å². The van der Waals surface area contributed by atoms with Crippen LogP contribution in [-0.2, 0) is 19.2 Å². The van der Waals surface area contributed by atoms with E-state index in [4.69, 9.17) is 4.74 Å². The summed E-state index contributed by atoms with van der Waals surface area (Å²) in [6, 6.07) is 12.3. The van der Waals surface area contributed by atoms with E-state index in [1.807, 2.05) is 30.3 Å². The van der Waals surface area contributed by atoms with Crippen LogP contribution in [0.15, 0.2) is 58.7 Å². The molecule has 186 valence electrons. The van der Waals surface area contributed by atoms with Crippen LogP contribution in [0.2, 0.25) is 0 Å². The molecular weight excluding hydrogens is 476 g/mol. The van der Waals surface area contributed by atoms with Gasteiger partial charge in [0.05, 0.1) is 0 Å². The van der Waals surface area contributed by atoms with Crippen molar-refractivity contribution in [2.75, 3.05) is 13.7 Å². The Morgan fingerprint density at radius 1 is 1.20 bits per heavy atom. The first-order valence-corrected chi connectivity index (χ1v) is 11.7. The summed E-state index contributed by atoms with van der Waals surface area (Å²) < 4.78 is 33.9. The van der Waals surface area contributed by atoms with E-state index in [9.17, 15) is 18.4 Å². The number of methoxy groups -OCH3 is 1. The van der Waals surface area contributed by atoms with Crippen molar-refractivity contribution in [2.24, 2.45) is 10.2 Å². The molecule has 1 aliphatic rings. The second-order valence-corrected chi connectivity index (χ2v) is 9.11. The number of ether oxygens (including phenoxy) is 1. The summed E-state index contributed by atoms with van der Waals surface area (Å²) in [6.45, 7) is 4.88. The highest BCUT2D eigenvalue weighted by Crippen LogP contribution is 2.50. The van der Waals surface area contributed by atoms with Crippen molar-refractivity contribution >= 4 is 34.5 Å². The lowest BCUT2D eigenvalue weighted by Gasteiger charge is -2.36. The molecule has 3 rings (SSSR count). The molecule has 0 radical (unpaired) electrons. The zero-order valence-corrected chi connectivity index (χ0v) is 20.7. The average molecular weight is 504 g/mol. The van der Waals surface area contributed by atoms with E-state index < -0.39 is 28.5 Å². The van der Waals surface area contributed by atoms with Gasteiger partial charge in [-0.1, -0.05) is 42.1 Å². The highest BCUT2D eigenvalue weighted by molar-refractivity contribution is 8.15. The van der Waals surface area contributed by atoms with Gasteiger partial charge in [-0.3, -0.25) is 9.59 Å². The number of hydrogen-bond acceptors (Lipinski definition) is 7. The molecule has 11 heteroatoms. The van der Waals surface area contributed by atoms with Crippen LogP contribution >= 0.6 is 11.8 Å². The minimum absolute atomic E-state index is 0.0387. The predicted octanol–water partition coefficient (Wildman–Crippen LogP) is 3.54. The van der Waals surface area contributed by atoms with E-state index in [2.05, 4.69) is 20.9 Å². The summed E-state index contributed by atoms with van der Waals surface area (Å²) in [5, 5.41) is 12.6. The standard InChI is InChI=1S/C24H27F2N5O3S/c1-15(34-4)23(33)31-24(18-8-6-5-7-9-18,12-13-27-29-16(2)28-17(3)32)35-22(30-31)20-14-19(25)10-11-21(20)26/h5-11,14-15,27H,12-13H2,1-4H3,(H,28,29,32)/t15-,24?/m0/s1. The Hall–Kier alpha value is -3.31. The van der Waals surface area contributed by atoms with Crippen LogP contribution in [0.25, 0.3) is 0 Å². The van der Waals surface area contributed by atoms with Crippen LogP contribution in [0.4, 0.5) is 8.78 Å². The number of amidine groups is 1. The van der Waals surface area contributed by atoms with E-state index in [1.54, 1.807) is 13.8 Å². The number of thioether (sulfide) groups is 1. The maximum Gasteiger partial charge on any atom is 0.273 e. The molecule has 1 heterocycles. The van der Waals surface area contributed by atoms with Crippen LogP contribution in [-0.4, -0.2) is 47.5 Å². The molecule has 2 aromatic carbocycles. The second-order valence-electron chi connectivity index (χ2n) is 7.85. The Bertz CT molecular complexity index is 1150. The molecule has 1 aliphatic heterocycles. The number of benzene rings is 2. The largest absolute Gasteiger partial charge is 0.372 e. The number of nitrogens with zero attached hydrogens (tertiary/aromatic N) is 3. The van der Waals surface area contributed by atoms with Crippen molar-refractivity contribution in [1.29, 1.82) is 0 Å². The van der Waals surface area contributed by atoms with Gasteiger partial charge in [0.25, 0.3) is 5.91 Å². The third-order valence-corrected chi connectivity index (χ3v) is 6.72. The van der Waals surface area contributed by atoms with Crippen molar-refractivity contribution in [2.45, 2.75) is 38.2 Å². The molecule has 0 saturated heterocycles. The van der Waals surface area contributed by atoms with Crippen LogP contribution in [0, 0.1) is 11.6 Å². The number of hydrazone groups is 2. The van der Waals surface area contributed by atoms with Gasteiger partial charge in [-0.25, -0.2) is 13.8 Å². The average Bonchev–Trinajstić information content (AvgIpc) is 3.23. The smallest absolute Gasteiger partial charge is 0.273 e. The van der Waals surface area contributed by atoms with Crippen molar-refractivity contribution in [3.05, 3.63) is 71.3 Å². The Balaban J connectivity index is 2.03. The quantitative estimate of drug-likeness (QED) is 0.249. The maximum atomic E-state index is 14.7. The molecule has 2 amide bonds. The normalized spacial score (nSPS) is 18.7. The van der Waals surface area contributed by atoms with E-state index >= 15 is 0 Å². The van der Waals surface area contributed by atoms with Gasteiger partial charge in [-0.2, -0.15) is 10.2 Å². The fourth-order valence-electron chi connectivity index (χ4n) is 3.53. The van der Waals surface area contributed by atoms with Gasteiger partial charge < -0.3 is 15.5 Å². The Kier molecular flexibility index (Phi) is 8.57. The molecule has 1 unspecified atom stereocenters. The first-order chi connectivity index (χ1) is 16.7. The molecule has 0 bridgehead atoms. The summed E-state index contributed by atoms with van der Waals surface area (Å²) in [7, 11) is 1.41. The van der Waals surface area contributed by atoms with E-state index in [-0.39, 0.29) is 23.1 Å². The van der Waals surface area contributed by atoms with E-state index in [1.165, 1.54) is 19.0 Å². The predicted molar refractivity (Wildman–Crippen MR) is 131 cm³/mol. The van der Waals surface area contributed by atoms with Gasteiger partial charge in [-0.15, -0.1) is 0 Å². The fraction of sp³-hybridized carbons (Fsp3) is 0.333. The topological polar surface area (TPSA) is 95.4 Å². The van der Waals surface area contributed by atoms with Crippen molar-refractivity contribution in [1.82, 2.24) is 15.8 Å². The number of rotatable bonds is 8. The van der Waals surface area contributed by atoms with Crippen molar-refractivity contribution in [3.8, 4) is 0 Å². The molecule has 0 saturated carbocycles. The van der Waals surface area contributed by atoms with E-state index in [0.717, 1.165) is 35.5 Å². The third-order valence-electron chi connectivity index (χ3n) is 5.27. The molecule has 35 heavy (non-hydrogen) atoms. The lowest BCUT2D eigenvalue weighted by Crippen LogP contribution is -2.47. The van der Waals surface area contributed by atoms with Crippen LogP contribution in [0.3, 0.4) is 0 Å². The summed E-state index contributed by atoms with van der Waals surface area (Å²) in [5.41, 5.74) is 3.59. The number of halogens is 2. The number of carbonyl (C=O) groups excluding carboxylic acids is 2. The molecular formula is C24H27F2N5O3S. The summed E-state index contributed by atoms with van der Waals surface area (Å²) in [6.07, 6.45) is -0.530. The van der Waals surface area contributed by atoms with Gasteiger partial charge in [0, 0.05) is 32.6 Å². The van der Waals surface area contributed by atoms with Gasteiger partial charge in [0.1, 0.15) is 33.5 Å². The minimum Gasteiger partial charge on any atom is -0.372 e. The number of nitrogens with one attached hydrogen (secondary N) is 2. The Morgan fingerprint density at radius 3 is 2.57 bits per heavy atom. The van der Waals surface area contributed by atoms with Crippen LogP contribution in [0.1, 0.15) is 38.3 Å². The minimum atomic E-state index is -1.09. The van der Waals surface area contributed by atoms with Gasteiger partial charge in [0.2, 0.25) is 5.91 Å². The molecule has 2 atom stereocenters. The Labute approximate surface area is 206 Å². The molecule has 0 spiro atoms. The summed E-state index contributed by atoms with van der Waals surface area (Å²) >= 11 is 1.16. The molecule has 0 fully saturated rings. The van der Waals surface area contributed by atoms with Gasteiger partial charge in [-0.05, 0) is 37.6 Å². The zero-order chi connectivity index (χ0) is 25.6. The van der Waals surface area contributed by atoms with Crippen LogP contribution < -0.4 is 10.7 Å². The number of carbonyl (C=O) groups is 2. The summed E-state index contributed by atoms with van der Waals surface area (Å²) in [5.74, 6) is -1.57. The first-order valence-electron chi connectivity index (χ1n) is 10.9.